The summed E-state index contributed by atoms with van der Waals surface area (Å²) < 4.78 is 0. The summed E-state index contributed by atoms with van der Waals surface area (Å²) in [6.07, 6.45) is 3.14. The van der Waals surface area contributed by atoms with Gasteiger partial charge in [0.05, 0.1) is 6.04 Å². The fraction of sp³-hybridized carbons (Fsp3) is 0.750. The Kier molecular flexibility index (Phi) is 16.2. The number of guanidine groups is 1. The van der Waals surface area contributed by atoms with Crippen LogP contribution in [0.25, 0.3) is 0 Å². The maximum atomic E-state index is 13.1. The summed E-state index contributed by atoms with van der Waals surface area (Å²) in [5.74, 6) is -2.65. The normalized spacial score (nSPS) is 15.2. The first-order chi connectivity index (χ1) is 16.0. The molecule has 5 unspecified atom stereocenters. The molecule has 0 aromatic heterocycles. The minimum absolute atomic E-state index is 0.100. The first-order valence-corrected chi connectivity index (χ1v) is 13.1. The SMILES string of the molecule is CCC(C)C(NC(=O)C(N)CS)C(=O)NC(CCCN=C(N)N)C(=O)NC(CCSC)C(=O)O. The van der Waals surface area contributed by atoms with Crippen LogP contribution in [-0.4, -0.2) is 83.2 Å². The summed E-state index contributed by atoms with van der Waals surface area (Å²) in [6.45, 7) is 3.87. The molecule has 10 N–H and O–H groups in total. The third-order valence-corrected chi connectivity index (χ3v) is 6.17. The van der Waals surface area contributed by atoms with Gasteiger partial charge in [-0.1, -0.05) is 20.3 Å². The van der Waals surface area contributed by atoms with Gasteiger partial charge in [-0.15, -0.1) is 0 Å². The molecule has 196 valence electrons. The molecule has 0 radical (unpaired) electrons. The largest absolute Gasteiger partial charge is 0.480 e. The van der Waals surface area contributed by atoms with Gasteiger partial charge in [0.2, 0.25) is 17.7 Å². The lowest BCUT2D eigenvalue weighted by molar-refractivity contribution is -0.142. The van der Waals surface area contributed by atoms with Gasteiger partial charge in [0, 0.05) is 12.3 Å². The van der Waals surface area contributed by atoms with Crippen molar-refractivity contribution in [3.05, 3.63) is 0 Å². The van der Waals surface area contributed by atoms with Crippen molar-refractivity contribution in [2.24, 2.45) is 28.1 Å². The van der Waals surface area contributed by atoms with E-state index in [1.807, 2.05) is 13.2 Å². The molecule has 3 amide bonds. The van der Waals surface area contributed by atoms with Gasteiger partial charge in [-0.2, -0.15) is 24.4 Å². The lowest BCUT2D eigenvalue weighted by Gasteiger charge is -2.27. The Hall–Kier alpha value is -2.19. The standard InChI is InChI=1S/C20H39N7O5S2/c1-4-11(2)15(27-16(28)12(21)10-33)18(30)25-13(6-5-8-24-20(22)23)17(29)26-14(19(31)32)7-9-34-3/h11-15,33H,4-10,21H2,1-3H3,(H,25,30)(H,26,29)(H,27,28)(H,31,32)(H4,22,23,24). The number of nitrogens with one attached hydrogen (secondary N) is 3. The van der Waals surface area contributed by atoms with Crippen LogP contribution >= 0.6 is 24.4 Å². The van der Waals surface area contributed by atoms with Gasteiger partial charge in [0.15, 0.2) is 5.96 Å². The number of amides is 3. The van der Waals surface area contributed by atoms with E-state index in [0.717, 1.165) is 0 Å². The number of thiol groups is 1. The number of carbonyl (C=O) groups is 4. The lowest BCUT2D eigenvalue weighted by atomic mass is 9.97. The predicted molar refractivity (Wildman–Crippen MR) is 138 cm³/mol. The van der Waals surface area contributed by atoms with Gasteiger partial charge in [0.25, 0.3) is 0 Å². The number of hydrogen-bond acceptors (Lipinski definition) is 8. The predicted octanol–water partition coefficient (Wildman–Crippen LogP) is -1.36. The minimum Gasteiger partial charge on any atom is -0.480 e. The van der Waals surface area contributed by atoms with Crippen LogP contribution in [0, 0.1) is 5.92 Å². The van der Waals surface area contributed by atoms with Crippen LogP contribution in [0.1, 0.15) is 39.5 Å². The van der Waals surface area contributed by atoms with Crippen LogP contribution in [0.5, 0.6) is 0 Å². The number of nitrogens with zero attached hydrogens (tertiary/aromatic N) is 1. The van der Waals surface area contributed by atoms with E-state index in [0.29, 0.717) is 18.6 Å². The number of carbonyl (C=O) groups excluding carboxylic acids is 3. The van der Waals surface area contributed by atoms with Crippen LogP contribution in [-0.2, 0) is 19.2 Å². The van der Waals surface area contributed by atoms with Crippen molar-refractivity contribution in [1.82, 2.24) is 16.0 Å². The number of thioether (sulfide) groups is 1. The van der Waals surface area contributed by atoms with E-state index >= 15 is 0 Å². The van der Waals surface area contributed by atoms with Crippen LogP contribution in [0.15, 0.2) is 4.99 Å². The average Bonchev–Trinajstić information content (AvgIpc) is 2.79. The van der Waals surface area contributed by atoms with Crippen molar-refractivity contribution in [2.45, 2.75) is 63.7 Å². The molecule has 0 aliphatic heterocycles. The maximum Gasteiger partial charge on any atom is 0.326 e. The van der Waals surface area contributed by atoms with Crippen LogP contribution in [0.2, 0.25) is 0 Å². The maximum absolute atomic E-state index is 13.1. The fourth-order valence-corrected chi connectivity index (χ4v) is 3.48. The molecule has 0 aromatic rings. The van der Waals surface area contributed by atoms with E-state index in [1.165, 1.54) is 11.8 Å². The highest BCUT2D eigenvalue weighted by atomic mass is 32.2. The topological polar surface area (TPSA) is 215 Å². The molecule has 5 atom stereocenters. The molecule has 0 saturated carbocycles. The third-order valence-electron chi connectivity index (χ3n) is 5.13. The number of aliphatic imine (C=N–C) groups is 1. The van der Waals surface area contributed by atoms with Gasteiger partial charge in [-0.05, 0) is 37.2 Å². The Morgan fingerprint density at radius 3 is 2.15 bits per heavy atom. The molecule has 0 saturated heterocycles. The van der Waals surface area contributed by atoms with Gasteiger partial charge in [-0.3, -0.25) is 19.4 Å². The lowest BCUT2D eigenvalue weighted by Crippen LogP contribution is -2.58. The molecule has 0 aliphatic carbocycles. The molecule has 0 aliphatic rings. The van der Waals surface area contributed by atoms with Crippen LogP contribution < -0.4 is 33.2 Å². The first kappa shape index (κ1) is 31.8. The summed E-state index contributed by atoms with van der Waals surface area (Å²) in [7, 11) is 0. The monoisotopic (exact) mass is 521 g/mol. The zero-order valence-corrected chi connectivity index (χ0v) is 21.7. The number of rotatable bonds is 17. The Bertz CT molecular complexity index is 707. The molecule has 34 heavy (non-hydrogen) atoms. The van der Waals surface area contributed by atoms with Crippen molar-refractivity contribution in [2.75, 3.05) is 24.3 Å². The second-order valence-corrected chi connectivity index (χ2v) is 9.20. The number of nitrogens with two attached hydrogens (primary N) is 3. The zero-order chi connectivity index (χ0) is 26.3. The molecule has 14 heteroatoms. The summed E-state index contributed by atoms with van der Waals surface area (Å²) >= 11 is 5.46. The number of aliphatic carboxylic acids is 1. The van der Waals surface area contributed by atoms with Crippen molar-refractivity contribution in [1.29, 1.82) is 0 Å². The van der Waals surface area contributed by atoms with Crippen molar-refractivity contribution < 1.29 is 24.3 Å². The van der Waals surface area contributed by atoms with Gasteiger partial charge >= 0.3 is 5.97 Å². The minimum atomic E-state index is -1.17. The summed E-state index contributed by atoms with van der Waals surface area (Å²) in [5, 5.41) is 17.2. The Morgan fingerprint density at radius 1 is 1.03 bits per heavy atom. The van der Waals surface area contributed by atoms with E-state index in [2.05, 4.69) is 33.6 Å². The molecule has 0 aromatic carbocycles. The van der Waals surface area contributed by atoms with Gasteiger partial charge < -0.3 is 38.3 Å². The smallest absolute Gasteiger partial charge is 0.326 e. The van der Waals surface area contributed by atoms with Crippen molar-refractivity contribution in [3.8, 4) is 0 Å². The molecular weight excluding hydrogens is 482 g/mol. The second kappa shape index (κ2) is 17.3. The van der Waals surface area contributed by atoms with Crippen molar-refractivity contribution >= 4 is 54.0 Å². The molecule has 0 spiro atoms. The quantitative estimate of drug-likeness (QED) is 0.0490. The molecule has 0 rings (SSSR count). The number of hydrogen-bond donors (Lipinski definition) is 8. The molecule has 0 heterocycles. The number of carboxylic acid groups (broad SMARTS) is 1. The first-order valence-electron chi connectivity index (χ1n) is 11.0. The highest BCUT2D eigenvalue weighted by molar-refractivity contribution is 7.98. The summed E-state index contributed by atoms with van der Waals surface area (Å²) in [6, 6.07) is -3.99. The summed E-state index contributed by atoms with van der Waals surface area (Å²) in [5.41, 5.74) is 16.4. The molecule has 12 nitrogen and oxygen atoms in total. The van der Waals surface area contributed by atoms with E-state index in [-0.39, 0.29) is 37.0 Å². The Balaban J connectivity index is 5.59. The number of carboxylic acids is 1. The van der Waals surface area contributed by atoms with Crippen molar-refractivity contribution in [3.63, 3.8) is 0 Å². The average molecular weight is 522 g/mol. The zero-order valence-electron chi connectivity index (χ0n) is 20.0. The van der Waals surface area contributed by atoms with E-state index < -0.39 is 47.9 Å². The highest BCUT2D eigenvalue weighted by Crippen LogP contribution is 2.10. The molecular formula is C20H39N7O5S2. The van der Waals surface area contributed by atoms with E-state index in [4.69, 9.17) is 17.2 Å². The summed E-state index contributed by atoms with van der Waals surface area (Å²) in [4.78, 5) is 53.7. The Morgan fingerprint density at radius 2 is 1.65 bits per heavy atom. The van der Waals surface area contributed by atoms with E-state index in [9.17, 15) is 24.3 Å². The highest BCUT2D eigenvalue weighted by Gasteiger charge is 2.32. The molecule has 0 bridgehead atoms. The molecule has 0 fully saturated rings. The van der Waals surface area contributed by atoms with E-state index in [1.54, 1.807) is 6.92 Å². The van der Waals surface area contributed by atoms with Gasteiger partial charge in [-0.25, -0.2) is 4.79 Å². The van der Waals surface area contributed by atoms with Crippen LogP contribution in [0.4, 0.5) is 0 Å². The van der Waals surface area contributed by atoms with Crippen LogP contribution in [0.3, 0.4) is 0 Å². The van der Waals surface area contributed by atoms with Gasteiger partial charge in [0.1, 0.15) is 18.1 Å². The Labute approximate surface area is 210 Å². The third kappa shape index (κ3) is 12.3. The fourth-order valence-electron chi connectivity index (χ4n) is 2.84. The second-order valence-electron chi connectivity index (χ2n) is 7.85.